The van der Waals surface area contributed by atoms with Gasteiger partial charge in [0.25, 0.3) is 0 Å². The maximum absolute atomic E-state index is 12.1. The molecule has 1 fully saturated rings. The van der Waals surface area contributed by atoms with Gasteiger partial charge < -0.3 is 10.0 Å². The third kappa shape index (κ3) is 2.69. The van der Waals surface area contributed by atoms with Crippen molar-refractivity contribution >= 4 is 39.4 Å². The molecule has 1 aromatic rings. The summed E-state index contributed by atoms with van der Waals surface area (Å²) in [7, 11) is 0. The summed E-state index contributed by atoms with van der Waals surface area (Å²) in [4.78, 5) is 25.2. The molecule has 4 nitrogen and oxygen atoms in total. The molecular weight excluding hydrogens is 346 g/mol. The third-order valence-electron chi connectivity index (χ3n) is 3.52. The summed E-state index contributed by atoms with van der Waals surface area (Å²) in [6.07, 6.45) is 0.0184. The molecule has 6 heteroatoms. The highest BCUT2D eigenvalue weighted by Gasteiger charge is 2.46. The fraction of sp³-hybridized carbons (Fsp3) is 0.429. The molecular formula is C14H15BrClNO3. The average molecular weight is 361 g/mol. The highest BCUT2D eigenvalue weighted by molar-refractivity contribution is 9.10. The maximum atomic E-state index is 12.1. The van der Waals surface area contributed by atoms with Gasteiger partial charge in [-0.1, -0.05) is 33.6 Å². The average Bonchev–Trinajstić information content (AvgIpc) is 2.67. The minimum Gasteiger partial charge on any atom is -0.481 e. The zero-order valence-corrected chi connectivity index (χ0v) is 13.5. The Bertz CT molecular complexity index is 561. The van der Waals surface area contributed by atoms with Gasteiger partial charge >= 0.3 is 5.97 Å². The van der Waals surface area contributed by atoms with Gasteiger partial charge in [-0.05, 0) is 31.5 Å². The van der Waals surface area contributed by atoms with Crippen LogP contribution >= 0.6 is 27.5 Å². The van der Waals surface area contributed by atoms with Gasteiger partial charge in [-0.15, -0.1) is 0 Å². The molecule has 0 spiro atoms. The lowest BCUT2D eigenvalue weighted by Crippen LogP contribution is -2.36. The molecule has 0 aliphatic carbocycles. The van der Waals surface area contributed by atoms with Crippen LogP contribution in [-0.4, -0.2) is 27.9 Å². The van der Waals surface area contributed by atoms with Crippen molar-refractivity contribution < 1.29 is 14.7 Å². The van der Waals surface area contributed by atoms with Gasteiger partial charge in [0.15, 0.2) is 0 Å². The SMILES string of the molecule is CC(C)N1C(=O)CC(C(=O)O)C1c1ccc(Br)cc1Cl. The smallest absolute Gasteiger partial charge is 0.309 e. The number of carbonyl (C=O) groups is 2. The molecule has 1 aromatic carbocycles. The van der Waals surface area contributed by atoms with E-state index in [0.29, 0.717) is 10.6 Å². The van der Waals surface area contributed by atoms with Gasteiger partial charge in [-0.25, -0.2) is 0 Å². The zero-order valence-electron chi connectivity index (χ0n) is 11.1. The molecule has 2 unspecified atom stereocenters. The number of carboxylic acid groups (broad SMARTS) is 1. The van der Waals surface area contributed by atoms with E-state index in [1.165, 1.54) is 0 Å². The molecule has 1 aliphatic heterocycles. The molecule has 0 saturated carbocycles. The molecule has 0 aromatic heterocycles. The van der Waals surface area contributed by atoms with E-state index in [2.05, 4.69) is 15.9 Å². The number of benzene rings is 1. The van der Waals surface area contributed by atoms with Crippen LogP contribution in [0, 0.1) is 5.92 Å². The first kappa shape index (κ1) is 15.3. The number of halogens is 2. The molecule has 0 radical (unpaired) electrons. The largest absolute Gasteiger partial charge is 0.481 e. The molecule has 20 heavy (non-hydrogen) atoms. The lowest BCUT2D eigenvalue weighted by molar-refractivity contribution is -0.142. The van der Waals surface area contributed by atoms with E-state index in [9.17, 15) is 14.7 Å². The van der Waals surface area contributed by atoms with E-state index < -0.39 is 17.9 Å². The quantitative estimate of drug-likeness (QED) is 0.897. The van der Waals surface area contributed by atoms with Crippen LogP contribution < -0.4 is 0 Å². The second-order valence-electron chi connectivity index (χ2n) is 5.15. The second-order valence-corrected chi connectivity index (χ2v) is 6.48. The van der Waals surface area contributed by atoms with Crippen LogP contribution in [0.2, 0.25) is 5.02 Å². The first-order valence-corrected chi connectivity index (χ1v) is 7.49. The van der Waals surface area contributed by atoms with E-state index >= 15 is 0 Å². The Hall–Kier alpha value is -1.07. The summed E-state index contributed by atoms with van der Waals surface area (Å²) >= 11 is 9.56. The lowest BCUT2D eigenvalue weighted by atomic mass is 9.93. The van der Waals surface area contributed by atoms with E-state index in [1.54, 1.807) is 23.1 Å². The van der Waals surface area contributed by atoms with Crippen LogP contribution in [0.1, 0.15) is 31.9 Å². The van der Waals surface area contributed by atoms with Crippen molar-refractivity contribution in [2.75, 3.05) is 0 Å². The Morgan fingerprint density at radius 3 is 2.65 bits per heavy atom. The van der Waals surface area contributed by atoms with Crippen molar-refractivity contribution in [2.45, 2.75) is 32.4 Å². The van der Waals surface area contributed by atoms with Crippen LogP contribution in [0.15, 0.2) is 22.7 Å². The molecule has 1 N–H and O–H groups in total. The summed E-state index contributed by atoms with van der Waals surface area (Å²) in [6.45, 7) is 3.75. The maximum Gasteiger partial charge on any atom is 0.309 e. The highest BCUT2D eigenvalue weighted by Crippen LogP contribution is 2.42. The summed E-state index contributed by atoms with van der Waals surface area (Å²) < 4.78 is 0.818. The lowest BCUT2D eigenvalue weighted by Gasteiger charge is -2.31. The number of nitrogens with zero attached hydrogens (tertiary/aromatic N) is 1. The Morgan fingerprint density at radius 2 is 2.15 bits per heavy atom. The Kier molecular flexibility index (Phi) is 4.39. The van der Waals surface area contributed by atoms with E-state index in [1.807, 2.05) is 13.8 Å². The monoisotopic (exact) mass is 359 g/mol. The number of aliphatic carboxylic acids is 1. The predicted molar refractivity (Wildman–Crippen MR) is 79.6 cm³/mol. The Balaban J connectivity index is 2.52. The number of hydrogen-bond acceptors (Lipinski definition) is 2. The van der Waals surface area contributed by atoms with Crippen molar-refractivity contribution in [3.63, 3.8) is 0 Å². The van der Waals surface area contributed by atoms with Crippen molar-refractivity contribution in [3.05, 3.63) is 33.3 Å². The van der Waals surface area contributed by atoms with Gasteiger partial charge in [0.1, 0.15) is 0 Å². The summed E-state index contributed by atoms with van der Waals surface area (Å²) in [5.41, 5.74) is 0.682. The fourth-order valence-corrected chi connectivity index (χ4v) is 3.48. The van der Waals surface area contributed by atoms with Gasteiger partial charge in [0.2, 0.25) is 5.91 Å². The molecule has 2 atom stereocenters. The molecule has 108 valence electrons. The van der Waals surface area contributed by atoms with Gasteiger partial charge in [-0.2, -0.15) is 0 Å². The number of carboxylic acids is 1. The topological polar surface area (TPSA) is 57.6 Å². The van der Waals surface area contributed by atoms with Gasteiger partial charge in [0, 0.05) is 22.0 Å². The van der Waals surface area contributed by atoms with Crippen molar-refractivity contribution in [1.82, 2.24) is 4.90 Å². The van der Waals surface area contributed by atoms with Crippen LogP contribution in [0.3, 0.4) is 0 Å². The van der Waals surface area contributed by atoms with Crippen LogP contribution in [-0.2, 0) is 9.59 Å². The number of amides is 1. The highest BCUT2D eigenvalue weighted by atomic mass is 79.9. The minimum absolute atomic E-state index is 0.0184. The van der Waals surface area contributed by atoms with Crippen molar-refractivity contribution in [2.24, 2.45) is 5.92 Å². The van der Waals surface area contributed by atoms with E-state index in [-0.39, 0.29) is 18.4 Å². The summed E-state index contributed by atoms with van der Waals surface area (Å²) in [5, 5.41) is 9.85. The molecule has 1 heterocycles. The zero-order chi connectivity index (χ0) is 15.0. The molecule has 1 amide bonds. The first-order valence-electron chi connectivity index (χ1n) is 6.32. The Morgan fingerprint density at radius 1 is 1.50 bits per heavy atom. The second kappa shape index (κ2) is 5.74. The third-order valence-corrected chi connectivity index (χ3v) is 4.34. The van der Waals surface area contributed by atoms with Crippen molar-refractivity contribution in [3.8, 4) is 0 Å². The normalized spacial score (nSPS) is 22.6. The van der Waals surface area contributed by atoms with Crippen LogP contribution in [0.25, 0.3) is 0 Å². The van der Waals surface area contributed by atoms with Crippen LogP contribution in [0.4, 0.5) is 0 Å². The molecule has 1 saturated heterocycles. The standard InChI is InChI=1S/C14H15BrClNO3/c1-7(2)17-12(18)6-10(14(19)20)13(17)9-4-3-8(15)5-11(9)16/h3-5,7,10,13H,6H2,1-2H3,(H,19,20). The number of carbonyl (C=O) groups excluding carboxylic acids is 1. The summed E-state index contributed by atoms with van der Waals surface area (Å²) in [5.74, 6) is -1.87. The molecule has 1 aliphatic rings. The number of rotatable bonds is 3. The fourth-order valence-electron chi connectivity index (χ4n) is 2.69. The van der Waals surface area contributed by atoms with Gasteiger partial charge in [-0.3, -0.25) is 9.59 Å². The Labute approximate surface area is 130 Å². The molecule has 2 rings (SSSR count). The summed E-state index contributed by atoms with van der Waals surface area (Å²) in [6, 6.07) is 4.72. The number of hydrogen-bond donors (Lipinski definition) is 1. The minimum atomic E-state index is -0.967. The first-order chi connectivity index (χ1) is 9.32. The van der Waals surface area contributed by atoms with E-state index in [4.69, 9.17) is 11.6 Å². The van der Waals surface area contributed by atoms with Crippen molar-refractivity contribution in [1.29, 1.82) is 0 Å². The predicted octanol–water partition coefficient (Wildman–Crippen LogP) is 3.49. The molecule has 0 bridgehead atoms. The van der Waals surface area contributed by atoms with E-state index in [0.717, 1.165) is 4.47 Å². The van der Waals surface area contributed by atoms with Gasteiger partial charge in [0.05, 0.1) is 12.0 Å². The number of likely N-dealkylation sites (tertiary alicyclic amines) is 1. The van der Waals surface area contributed by atoms with Crippen LogP contribution in [0.5, 0.6) is 0 Å².